The van der Waals surface area contributed by atoms with E-state index >= 15 is 0 Å². The molecule has 1 N–H and O–H groups in total. The number of rotatable bonds is 8. The maximum Gasteiger partial charge on any atom is 0.0733 e. The molecule has 2 aromatic rings. The lowest BCUT2D eigenvalue weighted by atomic mass is 10.1. The summed E-state index contributed by atoms with van der Waals surface area (Å²) in [5.41, 5.74) is 2.25. The molecule has 1 heterocycles. The van der Waals surface area contributed by atoms with Crippen LogP contribution in [-0.4, -0.2) is 35.6 Å². The van der Waals surface area contributed by atoms with E-state index < -0.39 is 0 Å². The van der Waals surface area contributed by atoms with Crippen LogP contribution in [0, 0.1) is 3.57 Å². The zero-order valence-electron chi connectivity index (χ0n) is 13.8. The van der Waals surface area contributed by atoms with E-state index in [1.807, 2.05) is 6.20 Å². The molecule has 0 amide bonds. The van der Waals surface area contributed by atoms with Crippen molar-refractivity contribution in [3.63, 3.8) is 0 Å². The van der Waals surface area contributed by atoms with Crippen LogP contribution in [0.4, 0.5) is 5.69 Å². The van der Waals surface area contributed by atoms with Gasteiger partial charge < -0.3 is 10.2 Å². The molecule has 1 aromatic heterocycles. The second kappa shape index (κ2) is 8.67. The molecule has 0 saturated heterocycles. The molecule has 0 bridgehead atoms. The van der Waals surface area contributed by atoms with Gasteiger partial charge in [-0.15, -0.1) is 0 Å². The van der Waals surface area contributed by atoms with Crippen LogP contribution < -0.4 is 5.32 Å². The Labute approximate surface area is 147 Å². The summed E-state index contributed by atoms with van der Waals surface area (Å²) in [5, 5.41) is 4.86. The highest BCUT2D eigenvalue weighted by Crippen LogP contribution is 2.24. The average molecular weight is 411 g/mol. The van der Waals surface area contributed by atoms with Gasteiger partial charge in [0, 0.05) is 26.9 Å². The fourth-order valence-corrected chi connectivity index (χ4v) is 3.22. The standard InChI is InChI=1S/C18H26IN3/c1-4-22(5-2)12-6-7-14(3)21-17-10-11-20-18-13-15(19)8-9-16(17)18/h8-11,13-14H,4-7,12H2,1-3H3,(H,20,21)/t14-/m0/s1. The normalized spacial score (nSPS) is 12.8. The van der Waals surface area contributed by atoms with Gasteiger partial charge in [-0.3, -0.25) is 4.98 Å². The number of hydrogen-bond donors (Lipinski definition) is 1. The van der Waals surface area contributed by atoms with E-state index in [4.69, 9.17) is 0 Å². The zero-order chi connectivity index (χ0) is 15.9. The molecule has 0 saturated carbocycles. The summed E-state index contributed by atoms with van der Waals surface area (Å²) in [6.07, 6.45) is 4.31. The first-order valence-corrected chi connectivity index (χ1v) is 9.25. The molecular formula is C18H26IN3. The van der Waals surface area contributed by atoms with Crippen LogP contribution in [0.5, 0.6) is 0 Å². The Hall–Kier alpha value is -0.880. The van der Waals surface area contributed by atoms with Crippen molar-refractivity contribution in [2.24, 2.45) is 0 Å². The minimum Gasteiger partial charge on any atom is -0.382 e. The van der Waals surface area contributed by atoms with Gasteiger partial charge in [-0.1, -0.05) is 13.8 Å². The van der Waals surface area contributed by atoms with Gasteiger partial charge in [-0.25, -0.2) is 0 Å². The molecule has 3 nitrogen and oxygen atoms in total. The Bertz CT molecular complexity index is 596. The minimum absolute atomic E-state index is 0.473. The predicted octanol–water partition coefficient (Wildman–Crippen LogP) is 4.76. The molecule has 4 heteroatoms. The van der Waals surface area contributed by atoms with Crippen molar-refractivity contribution < 1.29 is 0 Å². The third-order valence-electron chi connectivity index (χ3n) is 4.11. The minimum atomic E-state index is 0.473. The van der Waals surface area contributed by atoms with E-state index in [0.717, 1.165) is 18.6 Å². The Morgan fingerprint density at radius 3 is 2.73 bits per heavy atom. The SMILES string of the molecule is CCN(CC)CCC[C@H](C)Nc1ccnc2cc(I)ccc12. The average Bonchev–Trinajstić information content (AvgIpc) is 2.51. The van der Waals surface area contributed by atoms with Gasteiger partial charge in [0.05, 0.1) is 5.52 Å². The number of benzene rings is 1. The fourth-order valence-electron chi connectivity index (χ4n) is 2.75. The van der Waals surface area contributed by atoms with Gasteiger partial charge >= 0.3 is 0 Å². The van der Waals surface area contributed by atoms with Crippen molar-refractivity contribution in [1.82, 2.24) is 9.88 Å². The number of nitrogens with one attached hydrogen (secondary N) is 1. The summed E-state index contributed by atoms with van der Waals surface area (Å²) in [4.78, 5) is 6.95. The van der Waals surface area contributed by atoms with Gasteiger partial charge in [-0.2, -0.15) is 0 Å². The Morgan fingerprint density at radius 1 is 1.23 bits per heavy atom. The summed E-state index contributed by atoms with van der Waals surface area (Å²) in [7, 11) is 0. The summed E-state index contributed by atoms with van der Waals surface area (Å²) in [6.45, 7) is 10.2. The van der Waals surface area contributed by atoms with Crippen molar-refractivity contribution in [3.8, 4) is 0 Å². The van der Waals surface area contributed by atoms with Crippen LogP contribution >= 0.6 is 22.6 Å². The third-order valence-corrected chi connectivity index (χ3v) is 4.78. The number of fused-ring (bicyclic) bond motifs is 1. The van der Waals surface area contributed by atoms with Crippen molar-refractivity contribution in [3.05, 3.63) is 34.0 Å². The number of pyridine rings is 1. The molecule has 22 heavy (non-hydrogen) atoms. The number of halogens is 1. The van der Waals surface area contributed by atoms with Crippen LogP contribution in [0.1, 0.15) is 33.6 Å². The van der Waals surface area contributed by atoms with Crippen molar-refractivity contribution in [1.29, 1.82) is 0 Å². The molecule has 0 aliphatic carbocycles. The largest absolute Gasteiger partial charge is 0.382 e. The first-order valence-electron chi connectivity index (χ1n) is 8.17. The molecule has 2 rings (SSSR count). The number of hydrogen-bond acceptors (Lipinski definition) is 3. The molecule has 0 aliphatic heterocycles. The monoisotopic (exact) mass is 411 g/mol. The Morgan fingerprint density at radius 2 is 2.00 bits per heavy atom. The number of nitrogens with zero attached hydrogens (tertiary/aromatic N) is 2. The van der Waals surface area contributed by atoms with E-state index in [9.17, 15) is 0 Å². The number of anilines is 1. The van der Waals surface area contributed by atoms with E-state index in [-0.39, 0.29) is 0 Å². The highest BCUT2D eigenvalue weighted by molar-refractivity contribution is 14.1. The first kappa shape index (κ1) is 17.5. The molecule has 0 spiro atoms. The molecule has 0 fully saturated rings. The lowest BCUT2D eigenvalue weighted by Crippen LogP contribution is -2.25. The van der Waals surface area contributed by atoms with Gasteiger partial charge in [-0.05, 0) is 86.3 Å². The van der Waals surface area contributed by atoms with E-state index in [1.165, 1.54) is 34.0 Å². The van der Waals surface area contributed by atoms with E-state index in [2.05, 4.69) is 82.8 Å². The van der Waals surface area contributed by atoms with E-state index in [1.54, 1.807) is 0 Å². The number of aromatic nitrogens is 1. The molecular weight excluding hydrogens is 385 g/mol. The summed E-state index contributed by atoms with van der Waals surface area (Å²) in [6, 6.07) is 8.98. The predicted molar refractivity (Wildman–Crippen MR) is 105 cm³/mol. The molecule has 1 atom stereocenters. The maximum absolute atomic E-state index is 4.47. The smallest absolute Gasteiger partial charge is 0.0733 e. The highest BCUT2D eigenvalue weighted by Gasteiger charge is 2.07. The summed E-state index contributed by atoms with van der Waals surface area (Å²) >= 11 is 2.33. The van der Waals surface area contributed by atoms with Crippen LogP contribution in [0.3, 0.4) is 0 Å². The highest BCUT2D eigenvalue weighted by atomic mass is 127. The quantitative estimate of drug-likeness (QED) is 0.635. The lowest BCUT2D eigenvalue weighted by Gasteiger charge is -2.20. The molecule has 0 radical (unpaired) electrons. The van der Waals surface area contributed by atoms with Gasteiger partial charge in [0.1, 0.15) is 0 Å². The second-order valence-electron chi connectivity index (χ2n) is 5.73. The zero-order valence-corrected chi connectivity index (χ0v) is 15.9. The third kappa shape index (κ3) is 4.81. The molecule has 120 valence electrons. The van der Waals surface area contributed by atoms with Crippen molar-refractivity contribution in [2.45, 2.75) is 39.7 Å². The Kier molecular flexibility index (Phi) is 6.89. The van der Waals surface area contributed by atoms with Gasteiger partial charge in [0.2, 0.25) is 0 Å². The van der Waals surface area contributed by atoms with Crippen LogP contribution in [0.15, 0.2) is 30.5 Å². The second-order valence-corrected chi connectivity index (χ2v) is 6.98. The van der Waals surface area contributed by atoms with Crippen molar-refractivity contribution in [2.75, 3.05) is 25.0 Å². The molecule has 1 aromatic carbocycles. The maximum atomic E-state index is 4.47. The summed E-state index contributed by atoms with van der Waals surface area (Å²) in [5.74, 6) is 0. The van der Waals surface area contributed by atoms with Gasteiger partial charge in [0.25, 0.3) is 0 Å². The van der Waals surface area contributed by atoms with Gasteiger partial charge in [0.15, 0.2) is 0 Å². The van der Waals surface area contributed by atoms with E-state index in [0.29, 0.717) is 6.04 Å². The first-order chi connectivity index (χ1) is 10.6. The fraction of sp³-hybridized carbons (Fsp3) is 0.500. The van der Waals surface area contributed by atoms with Crippen molar-refractivity contribution >= 4 is 39.2 Å². The van der Waals surface area contributed by atoms with Crippen LogP contribution in [0.25, 0.3) is 10.9 Å². The summed E-state index contributed by atoms with van der Waals surface area (Å²) < 4.78 is 1.22. The topological polar surface area (TPSA) is 28.2 Å². The van der Waals surface area contributed by atoms with Crippen LogP contribution in [-0.2, 0) is 0 Å². The lowest BCUT2D eigenvalue weighted by molar-refractivity contribution is 0.295. The van der Waals surface area contributed by atoms with Crippen LogP contribution in [0.2, 0.25) is 0 Å². The Balaban J connectivity index is 1.95. The molecule has 0 unspecified atom stereocenters. The molecule has 0 aliphatic rings.